The van der Waals surface area contributed by atoms with Crippen molar-refractivity contribution < 1.29 is 22.7 Å². The van der Waals surface area contributed by atoms with E-state index in [0.29, 0.717) is 35.0 Å². The monoisotopic (exact) mass is 414 g/mol. The number of H-pyrrole nitrogens is 1. The summed E-state index contributed by atoms with van der Waals surface area (Å²) in [6, 6.07) is 9.78. The van der Waals surface area contributed by atoms with Crippen molar-refractivity contribution in [2.75, 3.05) is 13.1 Å². The van der Waals surface area contributed by atoms with Crippen LogP contribution in [0.25, 0.3) is 22.2 Å². The summed E-state index contributed by atoms with van der Waals surface area (Å²) in [4.78, 5) is 19.8. The van der Waals surface area contributed by atoms with Crippen molar-refractivity contribution in [3.05, 3.63) is 47.8 Å². The number of ether oxygens (including phenoxy) is 1. The van der Waals surface area contributed by atoms with Gasteiger partial charge < -0.3 is 14.6 Å². The van der Waals surface area contributed by atoms with Gasteiger partial charge >= 0.3 is 6.18 Å². The molecule has 3 heterocycles. The highest BCUT2D eigenvalue weighted by Crippen LogP contribution is 2.38. The first-order valence-corrected chi connectivity index (χ1v) is 9.29. The van der Waals surface area contributed by atoms with E-state index in [1.54, 1.807) is 23.1 Å². The van der Waals surface area contributed by atoms with Crippen molar-refractivity contribution in [2.45, 2.75) is 25.6 Å². The molecule has 30 heavy (non-hydrogen) atoms. The number of benzene rings is 1. The van der Waals surface area contributed by atoms with Gasteiger partial charge in [-0.3, -0.25) is 4.79 Å². The van der Waals surface area contributed by atoms with Gasteiger partial charge in [-0.2, -0.15) is 18.4 Å². The lowest BCUT2D eigenvalue weighted by Gasteiger charge is -2.19. The molecule has 0 spiro atoms. The normalized spacial score (nSPS) is 16.6. The number of carbonyl (C=O) groups is 1. The molecule has 0 saturated carbocycles. The minimum Gasteiger partial charge on any atom is -0.486 e. The lowest BCUT2D eigenvalue weighted by Crippen LogP contribution is -2.29. The first-order valence-electron chi connectivity index (χ1n) is 9.29. The molecular weight excluding hydrogens is 397 g/mol. The summed E-state index contributed by atoms with van der Waals surface area (Å²) in [5.74, 6) is -0.499. The Labute approximate surface area is 169 Å². The van der Waals surface area contributed by atoms with Crippen LogP contribution in [0.15, 0.2) is 36.5 Å². The number of nitrogens with one attached hydrogen (secondary N) is 1. The number of nitriles is 1. The number of hydrogen-bond donors (Lipinski definition) is 1. The van der Waals surface area contributed by atoms with Crippen LogP contribution >= 0.6 is 0 Å². The van der Waals surface area contributed by atoms with E-state index in [2.05, 4.69) is 16.0 Å². The second-order valence-electron chi connectivity index (χ2n) is 7.08. The molecule has 1 fully saturated rings. The Hall–Kier alpha value is -3.54. The third-order valence-electron chi connectivity index (χ3n) is 5.12. The highest BCUT2D eigenvalue weighted by atomic mass is 19.4. The van der Waals surface area contributed by atoms with Crippen molar-refractivity contribution in [1.29, 1.82) is 5.26 Å². The predicted octanol–water partition coefficient (Wildman–Crippen LogP) is 4.12. The Morgan fingerprint density at radius 2 is 2.13 bits per heavy atom. The van der Waals surface area contributed by atoms with Gasteiger partial charge in [0, 0.05) is 37.0 Å². The zero-order valence-electron chi connectivity index (χ0n) is 16.0. The van der Waals surface area contributed by atoms with Gasteiger partial charge in [0.1, 0.15) is 12.2 Å². The fourth-order valence-corrected chi connectivity index (χ4v) is 3.64. The number of nitrogens with zero attached hydrogens (tertiary/aromatic N) is 3. The average Bonchev–Trinajstić information content (AvgIpc) is 3.34. The molecule has 6 nitrogen and oxygen atoms in total. The molecule has 9 heteroatoms. The lowest BCUT2D eigenvalue weighted by molar-refractivity contribution is -0.143. The SMILES string of the molecule is CC(=O)N1CCC(Oc2ccc(-c3c[nH]c4c(C#N)cccc34)nc2C(F)(F)F)C1. The number of halogens is 3. The maximum atomic E-state index is 13.7. The van der Waals surface area contributed by atoms with Crippen LogP contribution in [-0.4, -0.2) is 40.0 Å². The molecule has 1 unspecified atom stereocenters. The molecule has 1 aliphatic rings. The molecular formula is C21H17F3N4O2. The van der Waals surface area contributed by atoms with Crippen LogP contribution in [0.1, 0.15) is 24.6 Å². The minimum atomic E-state index is -4.71. The third-order valence-corrected chi connectivity index (χ3v) is 5.12. The summed E-state index contributed by atoms with van der Waals surface area (Å²) in [5.41, 5.74) is 0.398. The van der Waals surface area contributed by atoms with Gasteiger partial charge in [-0.05, 0) is 18.2 Å². The Kier molecular flexibility index (Phi) is 4.86. The number of carbonyl (C=O) groups excluding carboxylic acids is 1. The zero-order valence-corrected chi connectivity index (χ0v) is 16.0. The van der Waals surface area contributed by atoms with Crippen LogP contribution in [-0.2, 0) is 11.0 Å². The van der Waals surface area contributed by atoms with Gasteiger partial charge in [-0.15, -0.1) is 0 Å². The fourth-order valence-electron chi connectivity index (χ4n) is 3.64. The van der Waals surface area contributed by atoms with Crippen LogP contribution in [0, 0.1) is 11.3 Å². The maximum absolute atomic E-state index is 13.7. The summed E-state index contributed by atoms with van der Waals surface area (Å²) in [7, 11) is 0. The largest absolute Gasteiger partial charge is 0.486 e. The quantitative estimate of drug-likeness (QED) is 0.699. The zero-order chi connectivity index (χ0) is 21.5. The van der Waals surface area contributed by atoms with Crippen molar-refractivity contribution >= 4 is 16.8 Å². The molecule has 1 amide bonds. The molecule has 1 atom stereocenters. The molecule has 0 bridgehead atoms. The third kappa shape index (κ3) is 3.56. The standard InChI is InChI=1S/C21H17F3N4O2/c1-12(29)28-8-7-14(11-28)30-18-6-5-17(27-20(18)21(22,23)24)16-10-26-19-13(9-25)3-2-4-15(16)19/h2-6,10,14,26H,7-8,11H2,1H3. The van der Waals surface area contributed by atoms with E-state index >= 15 is 0 Å². The van der Waals surface area contributed by atoms with E-state index in [0.717, 1.165) is 0 Å². The Morgan fingerprint density at radius 3 is 2.80 bits per heavy atom. The van der Waals surface area contributed by atoms with Crippen molar-refractivity contribution in [2.24, 2.45) is 0 Å². The molecule has 0 aliphatic carbocycles. The van der Waals surface area contributed by atoms with Gasteiger partial charge in [0.2, 0.25) is 5.91 Å². The number of fused-ring (bicyclic) bond motifs is 1. The van der Waals surface area contributed by atoms with Gasteiger partial charge in [-0.25, -0.2) is 4.98 Å². The second kappa shape index (κ2) is 7.37. The summed E-state index contributed by atoms with van der Waals surface area (Å²) in [5, 5.41) is 9.82. The molecule has 1 N–H and O–H groups in total. The average molecular weight is 414 g/mol. The molecule has 0 radical (unpaired) electrons. The highest BCUT2D eigenvalue weighted by Gasteiger charge is 2.38. The predicted molar refractivity (Wildman–Crippen MR) is 103 cm³/mol. The van der Waals surface area contributed by atoms with E-state index in [4.69, 9.17) is 4.74 Å². The van der Waals surface area contributed by atoms with E-state index in [-0.39, 0.29) is 23.9 Å². The molecule has 1 saturated heterocycles. The Balaban J connectivity index is 1.71. The van der Waals surface area contributed by atoms with Gasteiger partial charge in [-0.1, -0.05) is 12.1 Å². The minimum absolute atomic E-state index is 0.118. The molecule has 1 aromatic carbocycles. The van der Waals surface area contributed by atoms with Crippen molar-refractivity contribution in [3.63, 3.8) is 0 Å². The summed E-state index contributed by atoms with van der Waals surface area (Å²) >= 11 is 0. The summed E-state index contributed by atoms with van der Waals surface area (Å²) in [6.45, 7) is 2.11. The van der Waals surface area contributed by atoms with E-state index in [1.807, 2.05) is 0 Å². The van der Waals surface area contributed by atoms with Gasteiger partial charge in [0.25, 0.3) is 0 Å². The molecule has 4 rings (SSSR count). The first kappa shape index (κ1) is 19.8. The highest BCUT2D eigenvalue weighted by molar-refractivity contribution is 5.97. The number of rotatable bonds is 3. The van der Waals surface area contributed by atoms with Crippen LogP contribution in [0.4, 0.5) is 13.2 Å². The number of amides is 1. The van der Waals surface area contributed by atoms with Gasteiger partial charge in [0.05, 0.1) is 23.3 Å². The smallest absolute Gasteiger partial charge is 0.437 e. The van der Waals surface area contributed by atoms with Crippen LogP contribution in [0.2, 0.25) is 0 Å². The van der Waals surface area contributed by atoms with Crippen LogP contribution < -0.4 is 4.74 Å². The Bertz CT molecular complexity index is 1160. The first-order chi connectivity index (χ1) is 14.3. The van der Waals surface area contributed by atoms with Crippen LogP contribution in [0.3, 0.4) is 0 Å². The summed E-state index contributed by atoms with van der Waals surface area (Å²) in [6.07, 6.45) is -3.24. The van der Waals surface area contributed by atoms with Crippen LogP contribution in [0.5, 0.6) is 5.75 Å². The maximum Gasteiger partial charge on any atom is 0.437 e. The topological polar surface area (TPSA) is 82.0 Å². The number of pyridine rings is 1. The molecule has 3 aromatic rings. The summed E-state index contributed by atoms with van der Waals surface area (Å²) < 4.78 is 46.8. The van der Waals surface area contributed by atoms with Crippen molar-refractivity contribution in [1.82, 2.24) is 14.9 Å². The fraction of sp³-hybridized carbons (Fsp3) is 0.286. The lowest BCUT2D eigenvalue weighted by atomic mass is 10.1. The molecule has 2 aromatic heterocycles. The number of aromatic amines is 1. The second-order valence-corrected chi connectivity index (χ2v) is 7.08. The van der Waals surface area contributed by atoms with E-state index in [1.165, 1.54) is 25.3 Å². The van der Waals surface area contributed by atoms with E-state index < -0.39 is 18.0 Å². The number of aromatic nitrogens is 2. The number of para-hydroxylation sites is 1. The number of hydrogen-bond acceptors (Lipinski definition) is 4. The molecule has 154 valence electrons. The Morgan fingerprint density at radius 1 is 1.33 bits per heavy atom. The molecule has 1 aliphatic heterocycles. The number of alkyl halides is 3. The number of likely N-dealkylation sites (tertiary alicyclic amines) is 1. The van der Waals surface area contributed by atoms with E-state index in [9.17, 15) is 23.2 Å². The van der Waals surface area contributed by atoms with Crippen molar-refractivity contribution in [3.8, 4) is 23.1 Å². The van der Waals surface area contributed by atoms with Gasteiger partial charge in [0.15, 0.2) is 11.4 Å².